The van der Waals surface area contributed by atoms with Crippen LogP contribution in [0.2, 0.25) is 0 Å². The second kappa shape index (κ2) is 8.08. The van der Waals surface area contributed by atoms with E-state index in [0.29, 0.717) is 13.0 Å². The molecule has 0 aliphatic heterocycles. The lowest BCUT2D eigenvalue weighted by Gasteiger charge is -2.07. The minimum Gasteiger partial charge on any atom is -0.478 e. The molecule has 0 saturated heterocycles. The molecule has 24 heavy (non-hydrogen) atoms. The smallest absolute Gasteiger partial charge is 0.335 e. The van der Waals surface area contributed by atoms with Crippen LogP contribution in [0.25, 0.3) is 0 Å². The zero-order chi connectivity index (χ0) is 17.6. The number of unbranched alkanes of at least 4 members (excludes halogenated alkanes) is 1. The Bertz CT molecular complexity index is 798. The first-order valence-electron chi connectivity index (χ1n) is 7.77. The van der Waals surface area contributed by atoms with Crippen LogP contribution in [0.1, 0.15) is 34.3 Å². The first-order valence-corrected chi connectivity index (χ1v) is 9.25. The van der Waals surface area contributed by atoms with Crippen LogP contribution in [0, 0.1) is 6.92 Å². The van der Waals surface area contributed by atoms with Gasteiger partial charge in [-0.25, -0.2) is 17.9 Å². The number of benzene rings is 2. The van der Waals surface area contributed by atoms with E-state index < -0.39 is 16.0 Å². The van der Waals surface area contributed by atoms with Crippen LogP contribution in [0.15, 0.2) is 53.4 Å². The lowest BCUT2D eigenvalue weighted by molar-refractivity contribution is 0.0696. The lowest BCUT2D eigenvalue weighted by Crippen LogP contribution is -2.25. The van der Waals surface area contributed by atoms with Crippen LogP contribution < -0.4 is 4.72 Å². The molecule has 5 nitrogen and oxygen atoms in total. The molecule has 0 aromatic heterocycles. The van der Waals surface area contributed by atoms with Gasteiger partial charge < -0.3 is 5.11 Å². The monoisotopic (exact) mass is 347 g/mol. The van der Waals surface area contributed by atoms with Gasteiger partial charge in [-0.3, -0.25) is 0 Å². The van der Waals surface area contributed by atoms with Crippen molar-refractivity contribution in [1.82, 2.24) is 4.72 Å². The molecular weight excluding hydrogens is 326 g/mol. The minimum absolute atomic E-state index is 0.0269. The molecule has 0 radical (unpaired) electrons. The summed E-state index contributed by atoms with van der Waals surface area (Å²) in [5.41, 5.74) is 2.41. The molecule has 0 heterocycles. The Kier molecular flexibility index (Phi) is 6.11. The summed E-state index contributed by atoms with van der Waals surface area (Å²) in [4.78, 5) is 10.9. The zero-order valence-electron chi connectivity index (χ0n) is 13.5. The van der Waals surface area contributed by atoms with Crippen molar-refractivity contribution >= 4 is 16.0 Å². The predicted molar refractivity (Wildman–Crippen MR) is 92.7 cm³/mol. The van der Waals surface area contributed by atoms with Gasteiger partial charge in [-0.15, -0.1) is 0 Å². The summed E-state index contributed by atoms with van der Waals surface area (Å²) in [6.07, 6.45) is 2.49. The van der Waals surface area contributed by atoms with Crippen molar-refractivity contribution < 1.29 is 18.3 Å². The summed E-state index contributed by atoms with van der Waals surface area (Å²) in [6, 6.07) is 13.6. The van der Waals surface area contributed by atoms with Crippen molar-refractivity contribution in [2.24, 2.45) is 0 Å². The molecule has 2 rings (SSSR count). The summed E-state index contributed by atoms with van der Waals surface area (Å²) in [5, 5.41) is 8.93. The maximum atomic E-state index is 12.2. The highest BCUT2D eigenvalue weighted by molar-refractivity contribution is 7.89. The number of aromatic carboxylic acids is 1. The van der Waals surface area contributed by atoms with E-state index in [4.69, 9.17) is 5.11 Å². The lowest BCUT2D eigenvalue weighted by atomic mass is 10.1. The van der Waals surface area contributed by atoms with E-state index in [2.05, 4.69) is 29.0 Å². The van der Waals surface area contributed by atoms with Gasteiger partial charge in [-0.05, 0) is 49.9 Å². The van der Waals surface area contributed by atoms with Crippen LogP contribution >= 0.6 is 0 Å². The maximum absolute atomic E-state index is 12.2. The van der Waals surface area contributed by atoms with E-state index in [0.717, 1.165) is 18.9 Å². The first kappa shape index (κ1) is 18.2. The standard InChI is InChI=1S/C18H21NO4S/c1-14-8-10-15(11-9-14)5-2-3-12-19-24(22,23)17-7-4-6-16(13-17)18(20)21/h4,6-11,13,19H,2-3,5,12H2,1H3,(H,20,21). The van der Waals surface area contributed by atoms with Crippen LogP contribution in [0.3, 0.4) is 0 Å². The van der Waals surface area contributed by atoms with E-state index in [1.807, 2.05) is 6.92 Å². The predicted octanol–water partition coefficient (Wildman–Crippen LogP) is 2.99. The number of sulfonamides is 1. The molecule has 0 spiro atoms. The third kappa shape index (κ3) is 5.18. The number of carbonyl (C=O) groups is 1. The number of rotatable bonds is 8. The molecule has 6 heteroatoms. The van der Waals surface area contributed by atoms with Gasteiger partial charge in [-0.1, -0.05) is 35.9 Å². The molecule has 2 N–H and O–H groups in total. The Balaban J connectivity index is 1.83. The molecule has 0 bridgehead atoms. The van der Waals surface area contributed by atoms with E-state index >= 15 is 0 Å². The quantitative estimate of drug-likeness (QED) is 0.719. The number of nitrogens with one attached hydrogen (secondary N) is 1. The number of carboxylic acid groups (broad SMARTS) is 1. The van der Waals surface area contributed by atoms with Gasteiger partial charge in [0.15, 0.2) is 0 Å². The second-order valence-corrected chi connectivity index (χ2v) is 7.44. The normalized spacial score (nSPS) is 11.4. The third-order valence-corrected chi connectivity index (χ3v) is 5.15. The van der Waals surface area contributed by atoms with Crippen LogP contribution in [0.5, 0.6) is 0 Å². The maximum Gasteiger partial charge on any atom is 0.335 e. The van der Waals surface area contributed by atoms with Crippen LogP contribution in [-0.4, -0.2) is 26.0 Å². The van der Waals surface area contributed by atoms with Crippen molar-refractivity contribution in [3.05, 3.63) is 65.2 Å². The summed E-state index contributed by atoms with van der Waals surface area (Å²) in [5.74, 6) is -1.15. The molecule has 2 aromatic rings. The Morgan fingerprint density at radius 2 is 1.79 bits per heavy atom. The Morgan fingerprint density at radius 1 is 1.08 bits per heavy atom. The molecule has 0 fully saturated rings. The van der Waals surface area contributed by atoms with E-state index in [9.17, 15) is 13.2 Å². The van der Waals surface area contributed by atoms with Crippen LogP contribution in [-0.2, 0) is 16.4 Å². The number of hydrogen-bond donors (Lipinski definition) is 2. The molecule has 0 saturated carbocycles. The average molecular weight is 347 g/mol. The topological polar surface area (TPSA) is 83.5 Å². The minimum atomic E-state index is -3.68. The third-order valence-electron chi connectivity index (χ3n) is 3.70. The van der Waals surface area contributed by atoms with Crippen LogP contribution in [0.4, 0.5) is 0 Å². The second-order valence-electron chi connectivity index (χ2n) is 5.67. The Morgan fingerprint density at radius 3 is 2.46 bits per heavy atom. The first-order chi connectivity index (χ1) is 11.4. The highest BCUT2D eigenvalue weighted by atomic mass is 32.2. The highest BCUT2D eigenvalue weighted by Gasteiger charge is 2.15. The molecule has 0 aliphatic carbocycles. The fourth-order valence-corrected chi connectivity index (χ4v) is 3.41. The van der Waals surface area contributed by atoms with Gasteiger partial charge in [0.2, 0.25) is 10.0 Å². The van der Waals surface area contributed by atoms with Gasteiger partial charge in [0, 0.05) is 6.54 Å². The average Bonchev–Trinajstić information content (AvgIpc) is 2.56. The highest BCUT2D eigenvalue weighted by Crippen LogP contribution is 2.12. The van der Waals surface area contributed by atoms with Gasteiger partial charge in [0.1, 0.15) is 0 Å². The van der Waals surface area contributed by atoms with Crippen molar-refractivity contribution in [3.8, 4) is 0 Å². The summed E-state index contributed by atoms with van der Waals surface area (Å²) in [7, 11) is -3.68. The zero-order valence-corrected chi connectivity index (χ0v) is 14.3. The SMILES string of the molecule is Cc1ccc(CCCCNS(=O)(=O)c2cccc(C(=O)O)c2)cc1. The van der Waals surface area contributed by atoms with E-state index in [1.165, 1.54) is 29.3 Å². The van der Waals surface area contributed by atoms with E-state index in [-0.39, 0.29) is 10.5 Å². The van der Waals surface area contributed by atoms with Crippen molar-refractivity contribution in [1.29, 1.82) is 0 Å². The molecule has 0 unspecified atom stereocenters. The number of aryl methyl sites for hydroxylation is 2. The fraction of sp³-hybridized carbons (Fsp3) is 0.278. The molecule has 0 atom stereocenters. The Hall–Kier alpha value is -2.18. The number of hydrogen-bond acceptors (Lipinski definition) is 3. The summed E-state index contributed by atoms with van der Waals surface area (Å²) in [6.45, 7) is 2.36. The summed E-state index contributed by atoms with van der Waals surface area (Å²) >= 11 is 0. The Labute approximate surface area is 142 Å². The summed E-state index contributed by atoms with van der Waals surface area (Å²) < 4.78 is 26.9. The van der Waals surface area contributed by atoms with Gasteiger partial charge >= 0.3 is 5.97 Å². The van der Waals surface area contributed by atoms with Crippen molar-refractivity contribution in [2.75, 3.05) is 6.54 Å². The van der Waals surface area contributed by atoms with Crippen molar-refractivity contribution in [3.63, 3.8) is 0 Å². The molecule has 0 aliphatic rings. The van der Waals surface area contributed by atoms with Gasteiger partial charge in [0.05, 0.1) is 10.5 Å². The molecule has 0 amide bonds. The van der Waals surface area contributed by atoms with Gasteiger partial charge in [-0.2, -0.15) is 0 Å². The van der Waals surface area contributed by atoms with E-state index in [1.54, 1.807) is 0 Å². The van der Waals surface area contributed by atoms with Crippen molar-refractivity contribution in [2.45, 2.75) is 31.1 Å². The number of carboxylic acids is 1. The molecule has 2 aromatic carbocycles. The van der Waals surface area contributed by atoms with Gasteiger partial charge in [0.25, 0.3) is 0 Å². The largest absolute Gasteiger partial charge is 0.478 e. The molecular formula is C18H21NO4S. The molecule has 128 valence electrons. The fourth-order valence-electron chi connectivity index (χ4n) is 2.30.